The average Bonchev–Trinajstić information content (AvgIpc) is 3.19. The van der Waals surface area contributed by atoms with Crippen LogP contribution in [0.15, 0.2) is 24.3 Å². The van der Waals surface area contributed by atoms with Gasteiger partial charge in [-0.25, -0.2) is 0 Å². The van der Waals surface area contributed by atoms with Gasteiger partial charge in [0.1, 0.15) is 0 Å². The minimum atomic E-state index is -4.63. The summed E-state index contributed by atoms with van der Waals surface area (Å²) < 4.78 is 51.7. The molecule has 1 aliphatic rings. The smallest absolute Gasteiger partial charge is 0.381 e. The maximum Gasteiger partial charge on any atom is 0.453 e. The van der Waals surface area contributed by atoms with Crippen LogP contribution in [-0.2, 0) is 28.8 Å². The molecule has 0 unspecified atom stereocenters. The standard InChI is InChI=1S/C21H24F3N5O2/c1-13-14(2)19-26-27-20(21(22,23)24)29(19)28-18(13)25-11-15-4-3-5-16(10-15)12-31-17-6-8-30-9-7-17/h3-5,10,17H,6-9,11-12H2,1-2H3,(H,25,28). The Kier molecular flexibility index (Phi) is 6.10. The molecule has 10 heteroatoms. The maximum atomic E-state index is 13.2. The zero-order chi connectivity index (χ0) is 22.0. The fourth-order valence-electron chi connectivity index (χ4n) is 3.55. The van der Waals surface area contributed by atoms with Crippen molar-refractivity contribution in [3.05, 3.63) is 52.3 Å². The van der Waals surface area contributed by atoms with Crippen LogP contribution in [0.4, 0.5) is 19.0 Å². The molecule has 1 saturated heterocycles. The fourth-order valence-corrected chi connectivity index (χ4v) is 3.55. The molecule has 7 nitrogen and oxygen atoms in total. The van der Waals surface area contributed by atoms with Gasteiger partial charge >= 0.3 is 6.18 Å². The average molecular weight is 435 g/mol. The second-order valence-corrected chi connectivity index (χ2v) is 7.65. The summed E-state index contributed by atoms with van der Waals surface area (Å²) in [5.74, 6) is -0.778. The SMILES string of the molecule is Cc1c(NCc2cccc(COC3CCOCC3)c2)nn2c(C(F)(F)F)nnc2c1C. The molecule has 1 aliphatic heterocycles. The fraction of sp³-hybridized carbons (Fsp3) is 0.476. The van der Waals surface area contributed by atoms with Crippen LogP contribution in [0.1, 0.15) is 40.9 Å². The highest BCUT2D eigenvalue weighted by atomic mass is 19.4. The van der Waals surface area contributed by atoms with E-state index in [-0.39, 0.29) is 11.8 Å². The predicted molar refractivity (Wildman–Crippen MR) is 108 cm³/mol. The molecule has 0 bridgehead atoms. The number of aryl methyl sites for hydroxylation is 1. The number of nitrogens with zero attached hydrogens (tertiary/aromatic N) is 4. The normalized spacial score (nSPS) is 15.5. The first-order valence-electron chi connectivity index (χ1n) is 10.1. The molecule has 31 heavy (non-hydrogen) atoms. The van der Waals surface area contributed by atoms with Gasteiger partial charge in [0.25, 0.3) is 5.82 Å². The van der Waals surface area contributed by atoms with Gasteiger partial charge < -0.3 is 14.8 Å². The van der Waals surface area contributed by atoms with Crippen molar-refractivity contribution in [2.75, 3.05) is 18.5 Å². The minimum absolute atomic E-state index is 0.0997. The molecule has 166 valence electrons. The van der Waals surface area contributed by atoms with E-state index in [0.29, 0.717) is 24.5 Å². The summed E-state index contributed by atoms with van der Waals surface area (Å²) in [5.41, 5.74) is 3.45. The van der Waals surface area contributed by atoms with Crippen molar-refractivity contribution >= 4 is 11.5 Å². The van der Waals surface area contributed by atoms with Crippen LogP contribution in [0.2, 0.25) is 0 Å². The number of nitrogens with one attached hydrogen (secondary N) is 1. The first-order chi connectivity index (χ1) is 14.8. The van der Waals surface area contributed by atoms with E-state index >= 15 is 0 Å². The maximum absolute atomic E-state index is 13.2. The lowest BCUT2D eigenvalue weighted by Gasteiger charge is -2.22. The van der Waals surface area contributed by atoms with Gasteiger partial charge in [0.2, 0.25) is 0 Å². The number of hydrogen-bond acceptors (Lipinski definition) is 6. The quantitative estimate of drug-likeness (QED) is 0.629. The third kappa shape index (κ3) is 4.80. The van der Waals surface area contributed by atoms with E-state index in [1.807, 2.05) is 24.3 Å². The Labute approximate surface area is 177 Å². The lowest BCUT2D eigenvalue weighted by molar-refractivity contribution is -0.146. The van der Waals surface area contributed by atoms with Gasteiger partial charge in [-0.3, -0.25) is 0 Å². The van der Waals surface area contributed by atoms with Crippen LogP contribution in [0.25, 0.3) is 5.65 Å². The molecule has 0 aliphatic carbocycles. The lowest BCUT2D eigenvalue weighted by Crippen LogP contribution is -2.23. The first-order valence-corrected chi connectivity index (χ1v) is 10.1. The number of halogens is 3. The molecule has 3 aromatic rings. The number of rotatable bonds is 6. The van der Waals surface area contributed by atoms with Gasteiger partial charge in [-0.15, -0.1) is 15.3 Å². The van der Waals surface area contributed by atoms with Gasteiger partial charge in [0.05, 0.1) is 12.7 Å². The van der Waals surface area contributed by atoms with Crippen LogP contribution in [0, 0.1) is 13.8 Å². The Bertz CT molecular complexity index is 1060. The Morgan fingerprint density at radius 2 is 1.87 bits per heavy atom. The van der Waals surface area contributed by atoms with E-state index in [4.69, 9.17) is 9.47 Å². The number of aromatic nitrogens is 4. The van der Waals surface area contributed by atoms with E-state index in [9.17, 15) is 13.2 Å². The van der Waals surface area contributed by atoms with Gasteiger partial charge in [-0.05, 0) is 43.4 Å². The zero-order valence-corrected chi connectivity index (χ0v) is 17.4. The molecule has 4 rings (SSSR count). The summed E-state index contributed by atoms with van der Waals surface area (Å²) in [6.45, 7) is 5.88. The summed E-state index contributed by atoms with van der Waals surface area (Å²) in [5, 5.41) is 14.2. The van der Waals surface area contributed by atoms with E-state index in [1.165, 1.54) is 0 Å². The van der Waals surface area contributed by atoms with Crippen LogP contribution < -0.4 is 5.32 Å². The Morgan fingerprint density at radius 1 is 1.13 bits per heavy atom. The molecule has 1 fully saturated rings. The molecule has 2 aromatic heterocycles. The molecule has 0 amide bonds. The first kappa shape index (κ1) is 21.5. The molecule has 0 saturated carbocycles. The number of ether oxygens (including phenoxy) is 2. The van der Waals surface area contributed by atoms with Gasteiger partial charge in [-0.2, -0.15) is 17.7 Å². The largest absolute Gasteiger partial charge is 0.453 e. The van der Waals surface area contributed by atoms with Crippen molar-refractivity contribution in [3.63, 3.8) is 0 Å². The molecule has 0 atom stereocenters. The van der Waals surface area contributed by atoms with Gasteiger partial charge in [0.15, 0.2) is 11.5 Å². The van der Waals surface area contributed by atoms with Crippen LogP contribution >= 0.6 is 0 Å². The summed E-state index contributed by atoms with van der Waals surface area (Å²) in [4.78, 5) is 0. The summed E-state index contributed by atoms with van der Waals surface area (Å²) in [7, 11) is 0. The van der Waals surface area contributed by atoms with Crippen LogP contribution in [-0.4, -0.2) is 39.1 Å². The van der Waals surface area contributed by atoms with Crippen LogP contribution in [0.5, 0.6) is 0 Å². The third-order valence-corrected chi connectivity index (χ3v) is 5.45. The minimum Gasteiger partial charge on any atom is -0.381 e. The molecule has 0 radical (unpaired) electrons. The number of alkyl halides is 3. The highest BCUT2D eigenvalue weighted by Gasteiger charge is 2.38. The van der Waals surface area contributed by atoms with E-state index in [1.54, 1.807) is 13.8 Å². The molecular formula is C21H24F3N5O2. The highest BCUT2D eigenvalue weighted by Crippen LogP contribution is 2.29. The van der Waals surface area contributed by atoms with Crippen LogP contribution in [0.3, 0.4) is 0 Å². The summed E-state index contributed by atoms with van der Waals surface area (Å²) in [6.07, 6.45) is -2.62. The monoisotopic (exact) mass is 435 g/mol. The Hall–Kier alpha value is -2.72. The highest BCUT2D eigenvalue weighted by molar-refractivity contribution is 5.58. The third-order valence-electron chi connectivity index (χ3n) is 5.45. The van der Waals surface area contributed by atoms with E-state index in [2.05, 4.69) is 20.6 Å². The van der Waals surface area contributed by atoms with Crippen molar-refractivity contribution in [3.8, 4) is 0 Å². The Balaban J connectivity index is 1.48. The van der Waals surface area contributed by atoms with Crippen molar-refractivity contribution in [2.24, 2.45) is 0 Å². The second kappa shape index (κ2) is 8.80. The Morgan fingerprint density at radius 3 is 2.61 bits per heavy atom. The van der Waals surface area contributed by atoms with E-state index < -0.39 is 12.0 Å². The zero-order valence-electron chi connectivity index (χ0n) is 17.4. The molecule has 1 aromatic carbocycles. The second-order valence-electron chi connectivity index (χ2n) is 7.65. The van der Waals surface area contributed by atoms with Crippen molar-refractivity contribution in [2.45, 2.75) is 52.1 Å². The number of fused-ring (bicyclic) bond motifs is 1. The lowest BCUT2D eigenvalue weighted by atomic mass is 10.1. The molecule has 1 N–H and O–H groups in total. The van der Waals surface area contributed by atoms with E-state index in [0.717, 1.165) is 47.3 Å². The predicted octanol–water partition coefficient (Wildman–Crippen LogP) is 4.07. The summed E-state index contributed by atoms with van der Waals surface area (Å²) in [6, 6.07) is 7.91. The van der Waals surface area contributed by atoms with Gasteiger partial charge in [0, 0.05) is 25.3 Å². The van der Waals surface area contributed by atoms with Crippen molar-refractivity contribution in [1.29, 1.82) is 0 Å². The van der Waals surface area contributed by atoms with Gasteiger partial charge in [-0.1, -0.05) is 24.3 Å². The summed E-state index contributed by atoms with van der Waals surface area (Å²) >= 11 is 0. The number of hydrogen-bond donors (Lipinski definition) is 1. The molecule has 3 heterocycles. The molecule has 0 spiro atoms. The number of anilines is 1. The van der Waals surface area contributed by atoms with Crippen molar-refractivity contribution < 1.29 is 22.6 Å². The number of benzene rings is 1. The molecular weight excluding hydrogens is 411 g/mol. The topological polar surface area (TPSA) is 73.6 Å². The van der Waals surface area contributed by atoms with Crippen molar-refractivity contribution in [1.82, 2.24) is 19.8 Å².